The summed E-state index contributed by atoms with van der Waals surface area (Å²) in [5.74, 6) is -0.257. The number of methoxy groups -OCH3 is 14. The molecule has 3 fully saturated rings. The minimum Gasteiger partial charge on any atom is -0.382 e. The molecule has 0 aromatic rings. The van der Waals surface area contributed by atoms with Crippen LogP contribution < -0.4 is 0 Å². The molecule has 63 heavy (non-hydrogen) atoms. The number of amides is 1. The van der Waals surface area contributed by atoms with Crippen molar-refractivity contribution in [2.24, 2.45) is 0 Å². The van der Waals surface area contributed by atoms with Crippen LogP contribution in [0.5, 0.6) is 0 Å². The van der Waals surface area contributed by atoms with Crippen LogP contribution in [0.2, 0.25) is 0 Å². The van der Waals surface area contributed by atoms with E-state index >= 15 is 0 Å². The Morgan fingerprint density at radius 1 is 0.460 bits per heavy atom. The van der Waals surface area contributed by atoms with Crippen LogP contribution in [-0.2, 0) is 99.5 Å². The van der Waals surface area contributed by atoms with Crippen LogP contribution in [-0.4, -0.2) is 267 Å². The molecule has 3 aliphatic rings. The molecule has 3 rings (SSSR count). The summed E-state index contributed by atoms with van der Waals surface area (Å²) in [5, 5.41) is 0. The Morgan fingerprint density at radius 2 is 0.873 bits per heavy atom. The lowest BCUT2D eigenvalue weighted by Crippen LogP contribution is -2.69. The summed E-state index contributed by atoms with van der Waals surface area (Å²) < 4.78 is 122. The predicted octanol–water partition coefficient (Wildman–Crippen LogP) is -0.469. The van der Waals surface area contributed by atoms with Gasteiger partial charge in [-0.3, -0.25) is 4.79 Å². The van der Waals surface area contributed by atoms with Gasteiger partial charge in [0.15, 0.2) is 18.9 Å². The monoisotopic (exact) mass is 919 g/mol. The highest BCUT2D eigenvalue weighted by atomic mass is 16.8. The van der Waals surface area contributed by atoms with Crippen LogP contribution in [0, 0.1) is 0 Å². The van der Waals surface area contributed by atoms with Crippen molar-refractivity contribution in [2.45, 2.75) is 123 Å². The minimum atomic E-state index is -1.18. The zero-order valence-electron chi connectivity index (χ0n) is 40.0. The van der Waals surface area contributed by atoms with Gasteiger partial charge in [0.25, 0.3) is 0 Å². The normalized spacial score (nSPS) is 35.8. The number of ether oxygens (including phenoxy) is 20. The smallest absolute Gasteiger partial charge is 0.219 e. The van der Waals surface area contributed by atoms with Crippen molar-refractivity contribution >= 4 is 5.91 Å². The van der Waals surface area contributed by atoms with Crippen molar-refractivity contribution in [2.75, 3.05) is 140 Å². The SMILES string of the molecule is COCC1O[C@@H](O[C@H]([C@H](OC)[C@H](COC)OC)[C@@H](COC)OC)C(OC)C(OC)[C@H]1OC1O[C@@H](COC)C(OC)[C@H](O[C@@H]2OC(COC)[C@H](OC)C(OC)[C@@H]2N(C)C(C)=O)C1OC. The molecular formula is C41H77NO21. The first-order valence-corrected chi connectivity index (χ1v) is 20.8. The van der Waals surface area contributed by atoms with Gasteiger partial charge in [-0.15, -0.1) is 0 Å². The fourth-order valence-corrected chi connectivity index (χ4v) is 8.68. The van der Waals surface area contributed by atoms with Gasteiger partial charge in [0.1, 0.15) is 97.6 Å². The Balaban J connectivity index is 2.09. The van der Waals surface area contributed by atoms with Crippen LogP contribution >= 0.6 is 0 Å². The second kappa shape index (κ2) is 28.8. The van der Waals surface area contributed by atoms with E-state index in [0.29, 0.717) is 0 Å². The first-order chi connectivity index (χ1) is 30.4. The van der Waals surface area contributed by atoms with E-state index in [2.05, 4.69) is 0 Å². The van der Waals surface area contributed by atoms with E-state index in [0.717, 1.165) is 0 Å². The molecule has 0 aromatic heterocycles. The molecule has 3 saturated heterocycles. The summed E-state index contributed by atoms with van der Waals surface area (Å²) in [6.07, 6.45) is -15.2. The van der Waals surface area contributed by atoms with Gasteiger partial charge in [-0.05, 0) is 0 Å². The van der Waals surface area contributed by atoms with Crippen molar-refractivity contribution < 1.29 is 99.5 Å². The number of likely N-dealkylation sites (N-methyl/N-ethyl adjacent to an activating group) is 1. The van der Waals surface area contributed by atoms with Crippen molar-refractivity contribution in [3.05, 3.63) is 0 Å². The molecule has 0 aromatic carbocycles. The molecule has 0 radical (unpaired) electrons. The minimum absolute atomic E-state index is 0.0246. The molecular weight excluding hydrogens is 842 g/mol. The lowest BCUT2D eigenvalue weighted by molar-refractivity contribution is -0.387. The van der Waals surface area contributed by atoms with Crippen molar-refractivity contribution in [3.63, 3.8) is 0 Å². The quantitative estimate of drug-likeness (QED) is 0.0931. The van der Waals surface area contributed by atoms with Gasteiger partial charge in [0.2, 0.25) is 5.91 Å². The maximum Gasteiger partial charge on any atom is 0.219 e. The molecule has 3 heterocycles. The van der Waals surface area contributed by atoms with E-state index in [-0.39, 0.29) is 38.9 Å². The van der Waals surface area contributed by atoms with Gasteiger partial charge in [-0.1, -0.05) is 0 Å². The Morgan fingerprint density at radius 3 is 1.30 bits per heavy atom. The fraction of sp³-hybridized carbons (Fsp3) is 0.976. The summed E-state index contributed by atoms with van der Waals surface area (Å²) >= 11 is 0. The van der Waals surface area contributed by atoms with E-state index in [1.807, 2.05) is 0 Å². The third kappa shape index (κ3) is 13.7. The van der Waals surface area contributed by atoms with Gasteiger partial charge in [-0.2, -0.15) is 0 Å². The van der Waals surface area contributed by atoms with E-state index < -0.39 is 116 Å². The second-order valence-corrected chi connectivity index (χ2v) is 15.3. The molecule has 22 nitrogen and oxygen atoms in total. The first kappa shape index (κ1) is 56.0. The van der Waals surface area contributed by atoms with Gasteiger partial charge >= 0.3 is 0 Å². The van der Waals surface area contributed by atoms with E-state index in [9.17, 15) is 4.79 Å². The average Bonchev–Trinajstić information content (AvgIpc) is 3.28. The van der Waals surface area contributed by atoms with Gasteiger partial charge in [0, 0.05) is 114 Å². The van der Waals surface area contributed by atoms with E-state index in [1.54, 1.807) is 49.7 Å². The Labute approximate surface area is 373 Å². The maximum atomic E-state index is 13.0. The Hall–Kier alpha value is -1.33. The summed E-state index contributed by atoms with van der Waals surface area (Å²) in [4.78, 5) is 14.5. The standard InChI is InChI=1S/C41H77NO21/c1-22(43)42(2)28-34(54-13)30(52-11)25(19-46-5)58-39(28)63-36-31(53-12)26(20-47-6)59-41(38(36)57-16)62-33-27(21-48-7)60-40(37(56-15)35(33)55-14)61-32(24(50-9)18-45-4)29(51-10)23(49-8)17-44-3/h23-41H,17-21H2,1-16H3/t23-,24+,25?,26-,27?,28-,29+,30-,31?,32-,33-,34?,35?,36-,37?,38?,39-,40-,41?/m0/s1. The van der Waals surface area contributed by atoms with Crippen LogP contribution in [0.15, 0.2) is 0 Å². The number of hydrogen-bond donors (Lipinski definition) is 0. The third-order valence-corrected chi connectivity index (χ3v) is 11.8. The van der Waals surface area contributed by atoms with Crippen molar-refractivity contribution in [3.8, 4) is 0 Å². The molecule has 8 unspecified atom stereocenters. The molecule has 19 atom stereocenters. The van der Waals surface area contributed by atoms with Crippen LogP contribution in [0.4, 0.5) is 0 Å². The third-order valence-electron chi connectivity index (χ3n) is 11.8. The zero-order valence-corrected chi connectivity index (χ0v) is 40.0. The molecule has 0 N–H and O–H groups in total. The van der Waals surface area contributed by atoms with Gasteiger partial charge in [-0.25, -0.2) is 0 Å². The average molecular weight is 920 g/mol. The topological polar surface area (TPSA) is 205 Å². The summed E-state index contributed by atoms with van der Waals surface area (Å²) in [6, 6.07) is -0.796. The zero-order chi connectivity index (χ0) is 46.8. The lowest BCUT2D eigenvalue weighted by Gasteiger charge is -2.52. The largest absolute Gasteiger partial charge is 0.382 e. The van der Waals surface area contributed by atoms with Crippen LogP contribution in [0.3, 0.4) is 0 Å². The van der Waals surface area contributed by atoms with E-state index in [1.165, 1.54) is 68.7 Å². The number of carbonyl (C=O) groups is 1. The number of nitrogens with zero attached hydrogens (tertiary/aromatic N) is 1. The molecule has 1 amide bonds. The lowest BCUT2D eigenvalue weighted by atomic mass is 9.93. The maximum absolute atomic E-state index is 13.0. The summed E-state index contributed by atoms with van der Waals surface area (Å²) in [5.41, 5.74) is 0. The number of carbonyl (C=O) groups excluding carboxylic acids is 1. The Bertz CT molecular complexity index is 1250. The van der Waals surface area contributed by atoms with Gasteiger partial charge < -0.3 is 99.6 Å². The molecule has 22 heteroatoms. The number of rotatable bonds is 29. The fourth-order valence-electron chi connectivity index (χ4n) is 8.68. The second-order valence-electron chi connectivity index (χ2n) is 15.3. The highest BCUT2D eigenvalue weighted by Gasteiger charge is 2.57. The predicted molar refractivity (Wildman–Crippen MR) is 219 cm³/mol. The molecule has 0 aliphatic carbocycles. The first-order valence-electron chi connectivity index (χ1n) is 20.8. The molecule has 0 spiro atoms. The molecule has 0 saturated carbocycles. The van der Waals surface area contributed by atoms with E-state index in [4.69, 9.17) is 94.7 Å². The molecule has 0 bridgehead atoms. The van der Waals surface area contributed by atoms with Crippen molar-refractivity contribution in [1.82, 2.24) is 4.90 Å². The van der Waals surface area contributed by atoms with Crippen molar-refractivity contribution in [1.29, 1.82) is 0 Å². The highest BCUT2D eigenvalue weighted by molar-refractivity contribution is 5.73. The molecule has 3 aliphatic heterocycles. The molecule has 372 valence electrons. The van der Waals surface area contributed by atoms with Gasteiger partial charge in [0.05, 0.1) is 33.0 Å². The summed E-state index contributed by atoms with van der Waals surface area (Å²) in [6.45, 7) is 2.01. The van der Waals surface area contributed by atoms with Crippen LogP contribution in [0.25, 0.3) is 0 Å². The Kier molecular flexibility index (Phi) is 25.6. The van der Waals surface area contributed by atoms with Crippen LogP contribution in [0.1, 0.15) is 6.92 Å². The summed E-state index contributed by atoms with van der Waals surface area (Å²) in [7, 11) is 23.1. The highest BCUT2D eigenvalue weighted by Crippen LogP contribution is 2.38. The number of hydrogen-bond acceptors (Lipinski definition) is 21.